The molecule has 21 heavy (non-hydrogen) atoms. The lowest BCUT2D eigenvalue weighted by molar-refractivity contribution is 0.112. The van der Waals surface area contributed by atoms with Crippen molar-refractivity contribution in [1.29, 1.82) is 0 Å². The van der Waals surface area contributed by atoms with Gasteiger partial charge in [-0.2, -0.15) is 8.42 Å². The van der Waals surface area contributed by atoms with E-state index in [0.717, 1.165) is 12.1 Å². The monoisotopic (exact) mass is 310 g/mol. The van der Waals surface area contributed by atoms with Crippen molar-refractivity contribution in [2.24, 2.45) is 0 Å². The highest BCUT2D eigenvalue weighted by atomic mass is 32.2. The van der Waals surface area contributed by atoms with Crippen LogP contribution in [0.3, 0.4) is 0 Å². The van der Waals surface area contributed by atoms with Crippen molar-refractivity contribution in [3.8, 4) is 11.5 Å². The Morgan fingerprint density at radius 3 is 2.48 bits per heavy atom. The molecule has 0 amide bonds. The average Bonchev–Trinajstić information content (AvgIpc) is 2.47. The fourth-order valence-corrected chi connectivity index (χ4v) is 2.66. The quantitative estimate of drug-likeness (QED) is 0.626. The Morgan fingerprint density at radius 1 is 1.14 bits per heavy atom. The third-order valence-electron chi connectivity index (χ3n) is 2.65. The summed E-state index contributed by atoms with van der Waals surface area (Å²) in [5.74, 6) is -0.763. The maximum atomic E-state index is 13.5. The van der Waals surface area contributed by atoms with E-state index >= 15 is 0 Å². The van der Waals surface area contributed by atoms with Crippen LogP contribution in [0.15, 0.2) is 47.4 Å². The van der Waals surface area contributed by atoms with E-state index < -0.39 is 20.8 Å². The summed E-state index contributed by atoms with van der Waals surface area (Å²) in [6, 6.07) is 8.83. The molecule has 0 radical (unpaired) electrons. The number of carbonyl (C=O) groups is 1. The van der Waals surface area contributed by atoms with Crippen LogP contribution in [0.2, 0.25) is 0 Å². The summed E-state index contributed by atoms with van der Waals surface area (Å²) in [6.45, 7) is 0. The predicted molar refractivity (Wildman–Crippen MR) is 72.6 cm³/mol. The highest BCUT2D eigenvalue weighted by Crippen LogP contribution is 2.26. The lowest BCUT2D eigenvalue weighted by Gasteiger charge is -2.10. The number of hydrogen-bond acceptors (Lipinski definition) is 5. The minimum atomic E-state index is -4.37. The van der Waals surface area contributed by atoms with E-state index in [2.05, 4.69) is 0 Å². The van der Waals surface area contributed by atoms with Gasteiger partial charge in [-0.3, -0.25) is 4.79 Å². The van der Waals surface area contributed by atoms with Crippen LogP contribution < -0.4 is 8.92 Å². The third kappa shape index (κ3) is 3.19. The number of hydrogen-bond donors (Lipinski definition) is 0. The molecule has 110 valence electrons. The van der Waals surface area contributed by atoms with Crippen LogP contribution in [0.4, 0.5) is 4.39 Å². The van der Waals surface area contributed by atoms with Crippen LogP contribution in [-0.4, -0.2) is 21.8 Å². The van der Waals surface area contributed by atoms with Crippen LogP contribution in [0, 0.1) is 5.82 Å². The second-order valence-electron chi connectivity index (χ2n) is 3.99. The minimum absolute atomic E-state index is 0.0192. The summed E-state index contributed by atoms with van der Waals surface area (Å²) in [5.41, 5.74) is -0.0192. The summed E-state index contributed by atoms with van der Waals surface area (Å²) in [5, 5.41) is 0. The summed E-state index contributed by atoms with van der Waals surface area (Å²) in [7, 11) is -2.97. The highest BCUT2D eigenvalue weighted by Gasteiger charge is 2.22. The highest BCUT2D eigenvalue weighted by molar-refractivity contribution is 7.87. The van der Waals surface area contributed by atoms with Gasteiger partial charge >= 0.3 is 10.1 Å². The summed E-state index contributed by atoms with van der Waals surface area (Å²) < 4.78 is 47.4. The van der Waals surface area contributed by atoms with Crippen LogP contribution >= 0.6 is 0 Å². The van der Waals surface area contributed by atoms with E-state index in [4.69, 9.17) is 8.92 Å². The Balaban J connectivity index is 2.42. The second-order valence-corrected chi connectivity index (χ2v) is 5.50. The fourth-order valence-electron chi connectivity index (χ4n) is 1.63. The van der Waals surface area contributed by atoms with E-state index in [0.29, 0.717) is 12.0 Å². The predicted octanol–water partition coefficient (Wildman–Crippen LogP) is 2.41. The van der Waals surface area contributed by atoms with Gasteiger partial charge in [0, 0.05) is 0 Å². The molecule has 0 aromatic heterocycles. The fraction of sp³-hybridized carbons (Fsp3) is 0.0714. The smallest absolute Gasteiger partial charge is 0.342 e. The van der Waals surface area contributed by atoms with E-state index in [1.54, 1.807) is 0 Å². The topological polar surface area (TPSA) is 69.7 Å². The number of benzene rings is 2. The molecule has 2 rings (SSSR count). The largest absolute Gasteiger partial charge is 0.497 e. The Hall–Kier alpha value is -2.41. The maximum absolute atomic E-state index is 13.5. The molecule has 0 bridgehead atoms. The van der Waals surface area contributed by atoms with E-state index in [1.165, 1.54) is 37.4 Å². The molecule has 7 heteroatoms. The summed E-state index contributed by atoms with van der Waals surface area (Å²) >= 11 is 0. The van der Waals surface area contributed by atoms with Crippen LogP contribution in [0.25, 0.3) is 0 Å². The van der Waals surface area contributed by atoms with Crippen LogP contribution in [0.1, 0.15) is 10.4 Å². The first kappa shape index (κ1) is 15.0. The Kier molecular flexibility index (Phi) is 4.23. The zero-order valence-electron chi connectivity index (χ0n) is 10.9. The van der Waals surface area contributed by atoms with Crippen molar-refractivity contribution >= 4 is 16.4 Å². The van der Waals surface area contributed by atoms with Gasteiger partial charge in [-0.05, 0) is 30.3 Å². The van der Waals surface area contributed by atoms with Gasteiger partial charge in [0.05, 0.1) is 12.7 Å². The molecular weight excluding hydrogens is 299 g/mol. The molecular formula is C14H11FO5S. The van der Waals surface area contributed by atoms with Crippen LogP contribution in [-0.2, 0) is 10.1 Å². The van der Waals surface area contributed by atoms with Crippen molar-refractivity contribution in [3.63, 3.8) is 0 Å². The van der Waals surface area contributed by atoms with Gasteiger partial charge in [0.1, 0.15) is 16.5 Å². The number of ether oxygens (including phenoxy) is 1. The molecule has 0 spiro atoms. The summed E-state index contributed by atoms with van der Waals surface area (Å²) in [6.07, 6.45) is 0.425. The van der Waals surface area contributed by atoms with Crippen molar-refractivity contribution in [3.05, 3.63) is 53.8 Å². The molecule has 0 aliphatic carbocycles. The molecule has 0 saturated heterocycles. The number of rotatable bonds is 5. The lowest BCUT2D eigenvalue weighted by atomic mass is 10.2. The van der Waals surface area contributed by atoms with Crippen molar-refractivity contribution in [1.82, 2.24) is 0 Å². The van der Waals surface area contributed by atoms with Gasteiger partial charge in [0.2, 0.25) is 0 Å². The van der Waals surface area contributed by atoms with Crippen molar-refractivity contribution in [2.45, 2.75) is 4.90 Å². The number of methoxy groups -OCH3 is 1. The first-order valence-electron chi connectivity index (χ1n) is 5.80. The third-order valence-corrected chi connectivity index (χ3v) is 3.92. The normalized spacial score (nSPS) is 11.0. The zero-order valence-corrected chi connectivity index (χ0v) is 11.8. The first-order chi connectivity index (χ1) is 9.97. The first-order valence-corrected chi connectivity index (χ1v) is 7.21. The Morgan fingerprint density at radius 2 is 1.86 bits per heavy atom. The molecule has 0 aliphatic rings. The number of aldehydes is 1. The van der Waals surface area contributed by atoms with E-state index in [9.17, 15) is 17.6 Å². The summed E-state index contributed by atoms with van der Waals surface area (Å²) in [4.78, 5) is 10.4. The molecule has 0 fully saturated rings. The number of carbonyl (C=O) groups excluding carboxylic acids is 1. The molecule has 0 heterocycles. The van der Waals surface area contributed by atoms with Crippen molar-refractivity contribution < 1.29 is 26.5 Å². The molecule has 0 N–H and O–H groups in total. The van der Waals surface area contributed by atoms with Gasteiger partial charge < -0.3 is 8.92 Å². The van der Waals surface area contributed by atoms with Gasteiger partial charge in [-0.25, -0.2) is 4.39 Å². The maximum Gasteiger partial charge on any atom is 0.342 e. The lowest BCUT2D eigenvalue weighted by Crippen LogP contribution is -2.12. The Labute approximate surface area is 121 Å². The van der Waals surface area contributed by atoms with Gasteiger partial charge in [0.25, 0.3) is 0 Å². The zero-order chi connectivity index (χ0) is 15.5. The van der Waals surface area contributed by atoms with E-state index in [1.807, 2.05) is 0 Å². The second kappa shape index (κ2) is 5.92. The van der Waals surface area contributed by atoms with E-state index in [-0.39, 0.29) is 11.3 Å². The molecule has 2 aromatic carbocycles. The molecule has 2 aromatic rings. The van der Waals surface area contributed by atoms with Gasteiger partial charge in [0.15, 0.2) is 12.0 Å². The average molecular weight is 310 g/mol. The molecule has 5 nitrogen and oxygen atoms in total. The standard InChI is InChI=1S/C14H11FO5S/c1-19-11-6-7-13(10(8-11)9-16)20-21(17,18)14-5-3-2-4-12(14)15/h2-9H,1H3. The molecule has 0 aliphatic heterocycles. The minimum Gasteiger partial charge on any atom is -0.497 e. The van der Waals surface area contributed by atoms with Crippen LogP contribution in [0.5, 0.6) is 11.5 Å². The molecule has 0 unspecified atom stereocenters. The Bertz CT molecular complexity index is 771. The molecule has 0 saturated carbocycles. The van der Waals surface area contributed by atoms with Gasteiger partial charge in [-0.15, -0.1) is 0 Å². The number of halogens is 1. The molecule has 0 atom stereocenters. The SMILES string of the molecule is COc1ccc(OS(=O)(=O)c2ccccc2F)c(C=O)c1. The van der Waals surface area contributed by atoms with Gasteiger partial charge in [-0.1, -0.05) is 12.1 Å². The van der Waals surface area contributed by atoms with Crippen molar-refractivity contribution in [2.75, 3.05) is 7.11 Å².